The third kappa shape index (κ3) is 6.27. The van der Waals surface area contributed by atoms with Crippen LogP contribution in [0.1, 0.15) is 36.5 Å². The van der Waals surface area contributed by atoms with Crippen molar-refractivity contribution in [2.45, 2.75) is 31.1 Å². The second kappa shape index (κ2) is 11.3. The molecule has 1 aliphatic heterocycles. The number of sulfonamides is 1. The second-order valence-corrected chi connectivity index (χ2v) is 10.4. The molecule has 0 bridgehead atoms. The third-order valence-electron chi connectivity index (χ3n) is 5.55. The summed E-state index contributed by atoms with van der Waals surface area (Å²) in [5.41, 5.74) is 1.48. The average molecular weight is 489 g/mol. The second-order valence-electron chi connectivity index (χ2n) is 8.20. The zero-order valence-corrected chi connectivity index (χ0v) is 20.7. The summed E-state index contributed by atoms with van der Waals surface area (Å²) < 4.78 is 31.8. The number of ether oxygens (including phenoxy) is 1. The van der Waals surface area contributed by atoms with E-state index in [1.54, 1.807) is 30.3 Å². The zero-order chi connectivity index (χ0) is 24.7. The summed E-state index contributed by atoms with van der Waals surface area (Å²) in [6.07, 6.45) is 3.13. The summed E-state index contributed by atoms with van der Waals surface area (Å²) in [5.74, 6) is -0.195. The summed E-state index contributed by atoms with van der Waals surface area (Å²) in [5, 5.41) is 5.35. The van der Waals surface area contributed by atoms with E-state index in [2.05, 4.69) is 15.5 Å². The summed E-state index contributed by atoms with van der Waals surface area (Å²) in [7, 11) is -0.828. The first-order valence-corrected chi connectivity index (χ1v) is 12.8. The number of nitrogens with one attached hydrogen (secondary N) is 2. The molecule has 1 saturated heterocycles. The van der Waals surface area contributed by atoms with Crippen LogP contribution in [0.15, 0.2) is 47.4 Å². The molecule has 1 heterocycles. The van der Waals surface area contributed by atoms with Crippen LogP contribution in [0, 0.1) is 0 Å². The van der Waals surface area contributed by atoms with E-state index in [0.717, 1.165) is 36.7 Å². The van der Waals surface area contributed by atoms with E-state index in [4.69, 9.17) is 4.74 Å². The number of amides is 2. The number of carbonyl (C=O) groups excluding carboxylic acids is 2. The van der Waals surface area contributed by atoms with E-state index < -0.39 is 21.8 Å². The first-order valence-electron chi connectivity index (χ1n) is 11.3. The number of nitrogens with zero attached hydrogens (tertiary/aromatic N) is 2. The van der Waals surface area contributed by atoms with Crippen molar-refractivity contribution in [2.24, 2.45) is 0 Å². The molecule has 2 aromatic carbocycles. The van der Waals surface area contributed by atoms with Crippen molar-refractivity contribution in [1.82, 2.24) is 9.62 Å². The molecule has 0 radical (unpaired) electrons. The molecule has 0 atom stereocenters. The van der Waals surface area contributed by atoms with Crippen molar-refractivity contribution in [3.05, 3.63) is 48.0 Å². The predicted octanol–water partition coefficient (Wildman–Crippen LogP) is 2.69. The molecule has 9 nitrogen and oxygen atoms in total. The van der Waals surface area contributed by atoms with Crippen molar-refractivity contribution < 1.29 is 22.7 Å². The Labute approximate surface area is 201 Å². The van der Waals surface area contributed by atoms with Gasteiger partial charge in [0, 0.05) is 38.6 Å². The maximum atomic E-state index is 13.1. The van der Waals surface area contributed by atoms with Crippen LogP contribution in [-0.2, 0) is 14.8 Å². The highest BCUT2D eigenvalue weighted by Gasteiger charge is 2.24. The summed E-state index contributed by atoms with van der Waals surface area (Å²) in [4.78, 5) is 27.6. The Morgan fingerprint density at radius 3 is 2.32 bits per heavy atom. The van der Waals surface area contributed by atoms with Gasteiger partial charge in [-0.2, -0.15) is 0 Å². The average Bonchev–Trinajstić information content (AvgIpc) is 2.84. The molecule has 0 unspecified atom stereocenters. The number of hydrogen-bond acceptors (Lipinski definition) is 6. The first-order chi connectivity index (χ1) is 16.2. The third-order valence-corrected chi connectivity index (χ3v) is 7.36. The van der Waals surface area contributed by atoms with E-state index in [0.29, 0.717) is 23.7 Å². The largest absolute Gasteiger partial charge is 0.494 e. The molecule has 184 valence electrons. The van der Waals surface area contributed by atoms with Crippen molar-refractivity contribution in [3.63, 3.8) is 0 Å². The molecule has 34 heavy (non-hydrogen) atoms. The number of anilines is 2. The van der Waals surface area contributed by atoms with Gasteiger partial charge in [0.15, 0.2) is 0 Å². The minimum absolute atomic E-state index is 0.0299. The molecular formula is C24H32N4O5S. The van der Waals surface area contributed by atoms with Crippen LogP contribution in [0.2, 0.25) is 0 Å². The maximum absolute atomic E-state index is 13.1. The quantitative estimate of drug-likeness (QED) is 0.562. The van der Waals surface area contributed by atoms with E-state index in [1.807, 2.05) is 6.92 Å². The van der Waals surface area contributed by atoms with Gasteiger partial charge in [-0.15, -0.1) is 0 Å². The highest BCUT2D eigenvalue weighted by atomic mass is 32.2. The lowest BCUT2D eigenvalue weighted by Crippen LogP contribution is -2.36. The van der Waals surface area contributed by atoms with Gasteiger partial charge in [0.1, 0.15) is 5.75 Å². The molecule has 0 aliphatic carbocycles. The molecule has 2 N–H and O–H groups in total. The van der Waals surface area contributed by atoms with Gasteiger partial charge >= 0.3 is 0 Å². The highest BCUT2D eigenvalue weighted by Crippen LogP contribution is 2.28. The fourth-order valence-electron chi connectivity index (χ4n) is 3.74. The maximum Gasteiger partial charge on any atom is 0.253 e. The first kappa shape index (κ1) is 25.5. The van der Waals surface area contributed by atoms with Crippen LogP contribution < -0.4 is 20.3 Å². The van der Waals surface area contributed by atoms with Crippen LogP contribution in [0.4, 0.5) is 11.4 Å². The summed E-state index contributed by atoms with van der Waals surface area (Å²) >= 11 is 0. The molecule has 3 rings (SSSR count). The van der Waals surface area contributed by atoms with Gasteiger partial charge in [-0.05, 0) is 68.7 Å². The molecule has 0 saturated carbocycles. The van der Waals surface area contributed by atoms with Gasteiger partial charge in [-0.1, -0.05) is 0 Å². The van der Waals surface area contributed by atoms with Crippen molar-refractivity contribution in [3.8, 4) is 5.75 Å². The van der Waals surface area contributed by atoms with Crippen molar-refractivity contribution >= 4 is 33.2 Å². The SMILES string of the molecule is CCOc1ccc(NC(=O)CNC(=O)c2cc(S(=O)(=O)N(C)C)ccc2N2CCCCC2)cc1. The molecule has 1 fully saturated rings. The predicted molar refractivity (Wildman–Crippen MR) is 132 cm³/mol. The van der Waals surface area contributed by atoms with Gasteiger partial charge < -0.3 is 20.3 Å². The van der Waals surface area contributed by atoms with Crippen LogP contribution >= 0.6 is 0 Å². The molecule has 2 aromatic rings. The lowest BCUT2D eigenvalue weighted by Gasteiger charge is -2.30. The van der Waals surface area contributed by atoms with Crippen LogP contribution in [0.25, 0.3) is 0 Å². The Hall–Kier alpha value is -3.11. The molecule has 2 amide bonds. The smallest absolute Gasteiger partial charge is 0.253 e. The molecular weight excluding hydrogens is 456 g/mol. The Balaban J connectivity index is 1.75. The Morgan fingerprint density at radius 2 is 1.71 bits per heavy atom. The van der Waals surface area contributed by atoms with Gasteiger partial charge in [0.05, 0.1) is 23.6 Å². The lowest BCUT2D eigenvalue weighted by molar-refractivity contribution is -0.115. The van der Waals surface area contributed by atoms with Crippen molar-refractivity contribution in [1.29, 1.82) is 0 Å². The highest BCUT2D eigenvalue weighted by molar-refractivity contribution is 7.89. The fourth-order valence-corrected chi connectivity index (χ4v) is 4.67. The van der Waals surface area contributed by atoms with Gasteiger partial charge in [0.25, 0.3) is 5.91 Å². The van der Waals surface area contributed by atoms with Gasteiger partial charge in [-0.25, -0.2) is 12.7 Å². The number of piperidine rings is 1. The van der Waals surface area contributed by atoms with Crippen LogP contribution in [0.3, 0.4) is 0 Å². The fraction of sp³-hybridized carbons (Fsp3) is 0.417. The Bertz CT molecular complexity index is 1110. The normalized spacial score (nSPS) is 14.1. The summed E-state index contributed by atoms with van der Waals surface area (Å²) in [6, 6.07) is 11.5. The number of carbonyl (C=O) groups is 2. The minimum atomic E-state index is -3.71. The van der Waals surface area contributed by atoms with E-state index >= 15 is 0 Å². The monoisotopic (exact) mass is 488 g/mol. The molecule has 0 aromatic heterocycles. The van der Waals surface area contributed by atoms with Gasteiger partial charge in [-0.3, -0.25) is 9.59 Å². The standard InChI is InChI=1S/C24H32N4O5S/c1-4-33-19-10-8-18(9-11-19)26-23(29)17-25-24(30)21-16-20(34(31,32)27(2)3)12-13-22(21)28-14-6-5-7-15-28/h8-13,16H,4-7,14-15,17H2,1-3H3,(H,25,30)(H,26,29). The minimum Gasteiger partial charge on any atom is -0.494 e. The topological polar surface area (TPSA) is 108 Å². The Kier molecular flexibility index (Phi) is 8.51. The molecule has 10 heteroatoms. The number of rotatable bonds is 9. The number of benzene rings is 2. The summed E-state index contributed by atoms with van der Waals surface area (Å²) in [6.45, 7) is 3.77. The molecule has 0 spiro atoms. The van der Waals surface area contributed by atoms with Crippen LogP contribution in [0.5, 0.6) is 5.75 Å². The van der Waals surface area contributed by atoms with Crippen molar-refractivity contribution in [2.75, 3.05) is 50.6 Å². The van der Waals surface area contributed by atoms with E-state index in [9.17, 15) is 18.0 Å². The zero-order valence-electron chi connectivity index (χ0n) is 19.8. The van der Waals surface area contributed by atoms with E-state index in [-0.39, 0.29) is 17.0 Å². The van der Waals surface area contributed by atoms with E-state index in [1.165, 1.54) is 26.2 Å². The van der Waals surface area contributed by atoms with Crippen LogP contribution in [-0.4, -0.2) is 64.9 Å². The lowest BCUT2D eigenvalue weighted by atomic mass is 10.1. The van der Waals surface area contributed by atoms with Gasteiger partial charge in [0.2, 0.25) is 15.9 Å². The molecule has 1 aliphatic rings. The Morgan fingerprint density at radius 1 is 1.03 bits per heavy atom. The number of hydrogen-bond donors (Lipinski definition) is 2.